The first-order chi connectivity index (χ1) is 12.1. The molecule has 3 rings (SSSR count). The minimum Gasteiger partial charge on any atom is -0.469 e. The molecule has 6 heteroatoms. The van der Waals surface area contributed by atoms with Crippen LogP contribution >= 0.6 is 0 Å². The highest BCUT2D eigenvalue weighted by Gasteiger charge is 2.37. The summed E-state index contributed by atoms with van der Waals surface area (Å²) in [4.78, 5) is 30.7. The minimum atomic E-state index is -0.462. The van der Waals surface area contributed by atoms with Crippen molar-refractivity contribution >= 4 is 22.8 Å². The predicted molar refractivity (Wildman–Crippen MR) is 92.7 cm³/mol. The Morgan fingerprint density at radius 1 is 1.12 bits per heavy atom. The smallest absolute Gasteiger partial charge is 0.323 e. The molecule has 1 aliphatic heterocycles. The van der Waals surface area contributed by atoms with E-state index in [9.17, 15) is 9.59 Å². The Morgan fingerprint density at radius 3 is 2.64 bits per heavy atom. The number of fused-ring (bicyclic) bond motifs is 1. The number of hydrogen-bond acceptors (Lipinski definition) is 6. The highest BCUT2D eigenvalue weighted by molar-refractivity contribution is 5.79. The van der Waals surface area contributed by atoms with E-state index in [4.69, 9.17) is 9.47 Å². The normalized spacial score (nSPS) is 21.0. The number of esters is 2. The fourth-order valence-electron chi connectivity index (χ4n) is 3.37. The summed E-state index contributed by atoms with van der Waals surface area (Å²) in [5.41, 5.74) is 1.82. The van der Waals surface area contributed by atoms with E-state index in [1.54, 1.807) is 0 Å². The Morgan fingerprint density at radius 2 is 1.88 bits per heavy atom. The SMILES string of the molecule is COC(=O)[C@H]1CCN(Cc2ccc3ccccc3n2)[C@@H](C(=O)OC)C1. The molecule has 6 nitrogen and oxygen atoms in total. The predicted octanol–water partition coefficient (Wildman–Crippen LogP) is 2.16. The van der Waals surface area contributed by atoms with Crippen LogP contribution in [0.1, 0.15) is 18.5 Å². The molecule has 1 aromatic heterocycles. The molecule has 0 aliphatic carbocycles. The summed E-state index contributed by atoms with van der Waals surface area (Å²) in [6.07, 6.45) is 1.07. The second-order valence-corrected chi connectivity index (χ2v) is 6.25. The summed E-state index contributed by atoms with van der Waals surface area (Å²) in [5, 5.41) is 1.08. The Balaban J connectivity index is 1.78. The van der Waals surface area contributed by atoms with Crippen molar-refractivity contribution in [3.63, 3.8) is 0 Å². The lowest BCUT2D eigenvalue weighted by molar-refractivity contribution is -0.154. The number of rotatable bonds is 4. The van der Waals surface area contributed by atoms with Crippen molar-refractivity contribution in [3.05, 3.63) is 42.1 Å². The highest BCUT2D eigenvalue weighted by Crippen LogP contribution is 2.26. The van der Waals surface area contributed by atoms with E-state index in [0.717, 1.165) is 16.6 Å². The number of aromatic nitrogens is 1. The van der Waals surface area contributed by atoms with Crippen LogP contribution in [-0.4, -0.2) is 48.6 Å². The Labute approximate surface area is 146 Å². The molecular weight excluding hydrogens is 320 g/mol. The standard InChI is InChI=1S/C19H22N2O4/c1-24-18(22)14-9-10-21(17(11-14)19(23)25-2)12-15-8-7-13-5-3-4-6-16(13)20-15/h3-8,14,17H,9-12H2,1-2H3/t14-,17+/m0/s1. The number of nitrogens with zero attached hydrogens (tertiary/aromatic N) is 2. The number of benzene rings is 1. The van der Waals surface area contributed by atoms with E-state index in [0.29, 0.717) is 25.9 Å². The molecule has 0 amide bonds. The van der Waals surface area contributed by atoms with Gasteiger partial charge in [0.05, 0.1) is 31.3 Å². The van der Waals surface area contributed by atoms with Gasteiger partial charge in [-0.05, 0) is 25.0 Å². The number of pyridine rings is 1. The molecule has 25 heavy (non-hydrogen) atoms. The summed E-state index contributed by atoms with van der Waals surface area (Å²) in [7, 11) is 2.75. The third kappa shape index (κ3) is 3.79. The largest absolute Gasteiger partial charge is 0.469 e. The van der Waals surface area contributed by atoms with Gasteiger partial charge in [-0.1, -0.05) is 24.3 Å². The van der Waals surface area contributed by atoms with Crippen molar-refractivity contribution in [2.45, 2.75) is 25.4 Å². The van der Waals surface area contributed by atoms with Crippen LogP contribution in [0.25, 0.3) is 10.9 Å². The Kier molecular flexibility index (Phi) is 5.28. The quantitative estimate of drug-likeness (QED) is 0.793. The number of carbonyl (C=O) groups excluding carboxylic acids is 2. The van der Waals surface area contributed by atoms with Crippen molar-refractivity contribution in [3.8, 4) is 0 Å². The van der Waals surface area contributed by atoms with Gasteiger partial charge >= 0.3 is 11.9 Å². The topological polar surface area (TPSA) is 68.7 Å². The van der Waals surface area contributed by atoms with Crippen molar-refractivity contribution in [1.29, 1.82) is 0 Å². The molecule has 2 heterocycles. The van der Waals surface area contributed by atoms with Crippen LogP contribution in [0.4, 0.5) is 0 Å². The van der Waals surface area contributed by atoms with Crippen molar-refractivity contribution in [2.24, 2.45) is 5.92 Å². The molecule has 0 spiro atoms. The summed E-state index contributed by atoms with van der Waals surface area (Å²) < 4.78 is 9.77. The van der Waals surface area contributed by atoms with Gasteiger partial charge in [0, 0.05) is 18.5 Å². The van der Waals surface area contributed by atoms with Crippen LogP contribution in [0.15, 0.2) is 36.4 Å². The number of ether oxygens (including phenoxy) is 2. The number of para-hydroxylation sites is 1. The van der Waals surface area contributed by atoms with Crippen LogP contribution in [0.2, 0.25) is 0 Å². The van der Waals surface area contributed by atoms with E-state index in [-0.39, 0.29) is 17.9 Å². The number of methoxy groups -OCH3 is 2. The molecule has 1 aromatic carbocycles. The van der Waals surface area contributed by atoms with Crippen molar-refractivity contribution in [2.75, 3.05) is 20.8 Å². The van der Waals surface area contributed by atoms with Gasteiger partial charge in [-0.2, -0.15) is 0 Å². The minimum absolute atomic E-state index is 0.266. The van der Waals surface area contributed by atoms with Crippen LogP contribution in [-0.2, 0) is 25.6 Å². The number of hydrogen-bond donors (Lipinski definition) is 0. The summed E-state index contributed by atoms with van der Waals surface area (Å²) in [6.45, 7) is 1.16. The third-order valence-corrected chi connectivity index (χ3v) is 4.74. The lowest BCUT2D eigenvalue weighted by Gasteiger charge is -2.36. The van der Waals surface area contributed by atoms with Crippen LogP contribution in [0.3, 0.4) is 0 Å². The molecule has 132 valence electrons. The van der Waals surface area contributed by atoms with Gasteiger partial charge in [0.1, 0.15) is 6.04 Å². The zero-order valence-corrected chi connectivity index (χ0v) is 14.5. The molecule has 1 fully saturated rings. The molecule has 0 unspecified atom stereocenters. The van der Waals surface area contributed by atoms with Crippen molar-refractivity contribution in [1.82, 2.24) is 9.88 Å². The Bertz CT molecular complexity index is 777. The third-order valence-electron chi connectivity index (χ3n) is 4.74. The van der Waals surface area contributed by atoms with Gasteiger partial charge in [0.2, 0.25) is 0 Å². The molecular formula is C19H22N2O4. The number of carbonyl (C=O) groups is 2. The molecule has 0 radical (unpaired) electrons. The maximum atomic E-state index is 12.2. The van der Waals surface area contributed by atoms with Gasteiger partial charge < -0.3 is 9.47 Å². The molecule has 0 N–H and O–H groups in total. The van der Waals surface area contributed by atoms with Crippen molar-refractivity contribution < 1.29 is 19.1 Å². The van der Waals surface area contributed by atoms with Gasteiger partial charge in [-0.15, -0.1) is 0 Å². The highest BCUT2D eigenvalue weighted by atomic mass is 16.5. The van der Waals surface area contributed by atoms with Crippen LogP contribution in [0.5, 0.6) is 0 Å². The van der Waals surface area contributed by atoms with Crippen LogP contribution < -0.4 is 0 Å². The second kappa shape index (κ2) is 7.61. The monoisotopic (exact) mass is 342 g/mol. The van der Waals surface area contributed by atoms with E-state index in [1.807, 2.05) is 41.3 Å². The maximum Gasteiger partial charge on any atom is 0.323 e. The fraction of sp³-hybridized carbons (Fsp3) is 0.421. The first kappa shape index (κ1) is 17.4. The summed E-state index contributed by atoms with van der Waals surface area (Å²) >= 11 is 0. The van der Waals surface area contributed by atoms with Gasteiger partial charge in [0.25, 0.3) is 0 Å². The van der Waals surface area contributed by atoms with E-state index in [1.165, 1.54) is 14.2 Å². The number of likely N-dealkylation sites (tertiary alicyclic amines) is 1. The molecule has 1 aliphatic rings. The lowest BCUT2D eigenvalue weighted by Crippen LogP contribution is -2.48. The van der Waals surface area contributed by atoms with E-state index >= 15 is 0 Å². The van der Waals surface area contributed by atoms with Crippen LogP contribution in [0, 0.1) is 5.92 Å². The van der Waals surface area contributed by atoms with Gasteiger partial charge in [-0.25, -0.2) is 0 Å². The zero-order chi connectivity index (χ0) is 17.8. The molecule has 1 saturated heterocycles. The van der Waals surface area contributed by atoms with Gasteiger partial charge in [0.15, 0.2) is 0 Å². The van der Waals surface area contributed by atoms with E-state index < -0.39 is 6.04 Å². The number of piperidine rings is 1. The summed E-state index contributed by atoms with van der Waals surface area (Å²) in [5.74, 6) is -0.860. The molecule has 0 bridgehead atoms. The lowest BCUT2D eigenvalue weighted by atomic mass is 9.90. The average molecular weight is 342 g/mol. The molecule has 2 atom stereocenters. The first-order valence-electron chi connectivity index (χ1n) is 8.36. The average Bonchev–Trinajstić information content (AvgIpc) is 2.67. The maximum absolute atomic E-state index is 12.2. The molecule has 0 saturated carbocycles. The van der Waals surface area contributed by atoms with E-state index in [2.05, 4.69) is 4.98 Å². The summed E-state index contributed by atoms with van der Waals surface area (Å²) in [6, 6.07) is 11.5. The zero-order valence-electron chi connectivity index (χ0n) is 14.5. The Hall–Kier alpha value is -2.47. The van der Waals surface area contributed by atoms with Gasteiger partial charge in [-0.3, -0.25) is 19.5 Å². The first-order valence-corrected chi connectivity index (χ1v) is 8.36. The second-order valence-electron chi connectivity index (χ2n) is 6.25. The fourth-order valence-corrected chi connectivity index (χ4v) is 3.37. The molecule has 2 aromatic rings.